The van der Waals surface area contributed by atoms with Crippen molar-refractivity contribution in [2.75, 3.05) is 13.7 Å². The molecule has 2 aliphatic rings. The van der Waals surface area contributed by atoms with Gasteiger partial charge in [-0.2, -0.15) is 0 Å². The molecule has 0 spiro atoms. The second kappa shape index (κ2) is 4.61. The Bertz CT molecular complexity index is 336. The van der Waals surface area contributed by atoms with Crippen molar-refractivity contribution in [3.63, 3.8) is 0 Å². The first kappa shape index (κ1) is 12.3. The minimum absolute atomic E-state index is 0.265. The Morgan fingerprint density at radius 3 is 2.94 bits per heavy atom. The Morgan fingerprint density at radius 1 is 1.65 bits per heavy atom. The predicted molar refractivity (Wildman–Crippen MR) is 58.5 cm³/mol. The second-order valence-corrected chi connectivity index (χ2v) is 4.25. The third kappa shape index (κ3) is 2.14. The number of rotatable bonds is 2. The molecule has 2 rings (SSSR count). The number of carbonyl (C=O) groups excluding carboxylic acids is 1. The van der Waals surface area contributed by atoms with Gasteiger partial charge < -0.3 is 25.6 Å². The molecule has 4 atom stereocenters. The Kier molecular flexibility index (Phi) is 3.34. The number of nitrogens with zero attached hydrogens (tertiary/aromatic N) is 2. The highest BCUT2D eigenvalue weighted by atomic mass is 16.5. The average Bonchev–Trinajstić information content (AvgIpc) is 2.67. The number of carbonyl (C=O) groups is 1. The Balaban J connectivity index is 2.09. The van der Waals surface area contributed by atoms with Crippen LogP contribution >= 0.6 is 0 Å². The van der Waals surface area contributed by atoms with Gasteiger partial charge in [0.2, 0.25) is 0 Å². The van der Waals surface area contributed by atoms with Crippen LogP contribution in [0.1, 0.15) is 6.42 Å². The van der Waals surface area contributed by atoms with Crippen molar-refractivity contribution in [1.82, 2.24) is 9.80 Å². The van der Waals surface area contributed by atoms with E-state index in [9.17, 15) is 9.90 Å². The van der Waals surface area contributed by atoms with E-state index in [0.29, 0.717) is 0 Å². The van der Waals surface area contributed by atoms with Crippen molar-refractivity contribution >= 4 is 6.03 Å². The molecule has 0 aromatic heterocycles. The van der Waals surface area contributed by atoms with Crippen LogP contribution < -0.4 is 5.73 Å². The van der Waals surface area contributed by atoms with Crippen molar-refractivity contribution in [2.24, 2.45) is 5.73 Å². The maximum absolute atomic E-state index is 11.9. The Morgan fingerprint density at radius 2 is 2.35 bits per heavy atom. The first-order valence-electron chi connectivity index (χ1n) is 5.48. The van der Waals surface area contributed by atoms with Crippen molar-refractivity contribution in [3.8, 4) is 0 Å². The number of hydrogen-bond donors (Lipinski definition) is 3. The van der Waals surface area contributed by atoms with Gasteiger partial charge in [0, 0.05) is 19.7 Å². The van der Waals surface area contributed by atoms with E-state index >= 15 is 0 Å². The molecular weight excluding hydrogens is 226 g/mol. The lowest BCUT2D eigenvalue weighted by molar-refractivity contribution is -0.0576. The van der Waals surface area contributed by atoms with Crippen LogP contribution in [0.4, 0.5) is 4.79 Å². The molecule has 7 nitrogen and oxygen atoms in total. The largest absolute Gasteiger partial charge is 0.394 e. The van der Waals surface area contributed by atoms with Gasteiger partial charge in [-0.3, -0.25) is 4.90 Å². The summed E-state index contributed by atoms with van der Waals surface area (Å²) in [6, 6.07) is -0.282. The van der Waals surface area contributed by atoms with Crippen LogP contribution in [0.15, 0.2) is 12.3 Å². The van der Waals surface area contributed by atoms with Gasteiger partial charge in [0.15, 0.2) is 0 Å². The molecule has 2 aliphatic heterocycles. The SMILES string of the molecule is CN1C(=O)N([C@H]2C[C@H](O)[C@@H](CO)O2)C=CC1N. The summed E-state index contributed by atoms with van der Waals surface area (Å²) in [5.74, 6) is 0. The number of aliphatic hydroxyl groups is 2. The summed E-state index contributed by atoms with van der Waals surface area (Å²) in [4.78, 5) is 14.7. The lowest BCUT2D eigenvalue weighted by Crippen LogP contribution is -2.53. The Hall–Kier alpha value is -1.15. The Labute approximate surface area is 99.0 Å². The molecule has 0 aromatic rings. The molecule has 0 bridgehead atoms. The number of likely N-dealkylation sites (N-methyl/N-ethyl adjacent to an activating group) is 1. The average molecular weight is 243 g/mol. The molecule has 7 heteroatoms. The van der Waals surface area contributed by atoms with Crippen LogP contribution in [0.2, 0.25) is 0 Å². The van der Waals surface area contributed by atoms with E-state index in [1.165, 1.54) is 9.80 Å². The molecule has 1 saturated heterocycles. The lowest BCUT2D eigenvalue weighted by atomic mass is 10.2. The zero-order valence-electron chi connectivity index (χ0n) is 9.56. The van der Waals surface area contributed by atoms with E-state index in [1.807, 2.05) is 0 Å². The zero-order chi connectivity index (χ0) is 12.6. The predicted octanol–water partition coefficient (Wildman–Crippen LogP) is -1.38. The summed E-state index contributed by atoms with van der Waals surface area (Å²) in [7, 11) is 1.60. The highest BCUT2D eigenvalue weighted by Gasteiger charge is 2.40. The summed E-state index contributed by atoms with van der Waals surface area (Å²) < 4.78 is 5.40. The fraction of sp³-hybridized carbons (Fsp3) is 0.700. The van der Waals surface area contributed by atoms with Gasteiger partial charge in [0.1, 0.15) is 18.5 Å². The van der Waals surface area contributed by atoms with Crippen LogP contribution in [0, 0.1) is 0 Å². The van der Waals surface area contributed by atoms with Gasteiger partial charge in [-0.25, -0.2) is 4.79 Å². The molecule has 0 radical (unpaired) electrons. The van der Waals surface area contributed by atoms with E-state index in [-0.39, 0.29) is 19.1 Å². The molecular formula is C10H17N3O4. The molecule has 1 fully saturated rings. The van der Waals surface area contributed by atoms with Crippen LogP contribution in [0.3, 0.4) is 0 Å². The van der Waals surface area contributed by atoms with E-state index in [2.05, 4.69) is 0 Å². The zero-order valence-corrected chi connectivity index (χ0v) is 9.56. The van der Waals surface area contributed by atoms with Crippen molar-refractivity contribution < 1.29 is 19.7 Å². The number of nitrogens with two attached hydrogens (primary N) is 1. The van der Waals surface area contributed by atoms with Crippen molar-refractivity contribution in [1.29, 1.82) is 0 Å². The number of amides is 2. The van der Waals surface area contributed by atoms with Crippen molar-refractivity contribution in [2.45, 2.75) is 31.0 Å². The topological polar surface area (TPSA) is 99.3 Å². The number of aliphatic hydroxyl groups excluding tert-OH is 2. The highest BCUT2D eigenvalue weighted by Crippen LogP contribution is 2.25. The summed E-state index contributed by atoms with van der Waals surface area (Å²) in [5.41, 5.74) is 5.67. The normalized spacial score (nSPS) is 38.0. The highest BCUT2D eigenvalue weighted by molar-refractivity contribution is 5.77. The standard InChI is InChI=1S/C10H17N3O4/c1-12-8(11)2-3-13(10(12)16)9-4-6(15)7(5-14)17-9/h2-3,6-9,14-15H,4-5,11H2,1H3/t6-,7+,8?,9+/m0/s1. The molecule has 0 aliphatic carbocycles. The number of urea groups is 1. The van der Waals surface area contributed by atoms with Gasteiger partial charge in [-0.1, -0.05) is 0 Å². The smallest absolute Gasteiger partial charge is 0.327 e. The first-order chi connectivity index (χ1) is 8.04. The van der Waals surface area contributed by atoms with Gasteiger partial charge in [0.05, 0.1) is 12.7 Å². The maximum Gasteiger partial charge on any atom is 0.327 e. The van der Waals surface area contributed by atoms with E-state index in [0.717, 1.165) is 0 Å². The minimum atomic E-state index is -0.757. The van der Waals surface area contributed by atoms with Crippen LogP contribution in [0.25, 0.3) is 0 Å². The van der Waals surface area contributed by atoms with E-state index in [1.54, 1.807) is 19.3 Å². The van der Waals surface area contributed by atoms with E-state index < -0.39 is 24.6 Å². The van der Waals surface area contributed by atoms with Gasteiger partial charge >= 0.3 is 6.03 Å². The summed E-state index contributed by atoms with van der Waals surface area (Å²) >= 11 is 0. The van der Waals surface area contributed by atoms with E-state index in [4.69, 9.17) is 15.6 Å². The number of hydrogen-bond acceptors (Lipinski definition) is 5. The molecule has 2 heterocycles. The van der Waals surface area contributed by atoms with Crippen LogP contribution in [-0.2, 0) is 4.74 Å². The summed E-state index contributed by atoms with van der Waals surface area (Å²) in [6.45, 7) is -0.265. The quantitative estimate of drug-likeness (QED) is 0.555. The third-order valence-corrected chi connectivity index (χ3v) is 3.11. The van der Waals surface area contributed by atoms with Gasteiger partial charge in [-0.15, -0.1) is 0 Å². The number of ether oxygens (including phenoxy) is 1. The lowest BCUT2D eigenvalue weighted by Gasteiger charge is -2.35. The van der Waals surface area contributed by atoms with Crippen molar-refractivity contribution in [3.05, 3.63) is 12.3 Å². The third-order valence-electron chi connectivity index (χ3n) is 3.11. The van der Waals surface area contributed by atoms with Gasteiger partial charge in [-0.05, 0) is 6.08 Å². The fourth-order valence-corrected chi connectivity index (χ4v) is 1.95. The molecule has 2 amide bonds. The summed E-state index contributed by atoms with van der Waals surface area (Å²) in [6.07, 6.45) is 1.12. The van der Waals surface area contributed by atoms with Crippen LogP contribution in [0.5, 0.6) is 0 Å². The summed E-state index contributed by atoms with van der Waals surface area (Å²) in [5, 5.41) is 18.6. The monoisotopic (exact) mass is 243 g/mol. The molecule has 0 aromatic carbocycles. The molecule has 4 N–H and O–H groups in total. The first-order valence-corrected chi connectivity index (χ1v) is 5.48. The molecule has 0 saturated carbocycles. The maximum atomic E-state index is 11.9. The fourth-order valence-electron chi connectivity index (χ4n) is 1.95. The minimum Gasteiger partial charge on any atom is -0.394 e. The molecule has 17 heavy (non-hydrogen) atoms. The molecule has 1 unspecified atom stereocenters. The van der Waals surface area contributed by atoms with Gasteiger partial charge in [0.25, 0.3) is 0 Å². The van der Waals surface area contributed by atoms with Crippen LogP contribution in [-0.4, -0.2) is 64.3 Å². The second-order valence-electron chi connectivity index (χ2n) is 4.25. The molecule has 96 valence electrons.